The molecular formula is C13H19NO2S. The van der Waals surface area contributed by atoms with Crippen molar-refractivity contribution in [3.8, 4) is 5.75 Å². The highest BCUT2D eigenvalue weighted by atomic mass is 32.2. The summed E-state index contributed by atoms with van der Waals surface area (Å²) in [6.07, 6.45) is 0. The van der Waals surface area contributed by atoms with Gasteiger partial charge in [0, 0.05) is 25.4 Å². The Morgan fingerprint density at radius 3 is 2.53 bits per heavy atom. The van der Waals surface area contributed by atoms with Gasteiger partial charge in [-0.15, -0.1) is 0 Å². The van der Waals surface area contributed by atoms with E-state index >= 15 is 0 Å². The number of thioether (sulfide) groups is 1. The fourth-order valence-electron chi connectivity index (χ4n) is 1.31. The van der Waals surface area contributed by atoms with Crippen molar-refractivity contribution in [3.05, 3.63) is 24.3 Å². The van der Waals surface area contributed by atoms with Gasteiger partial charge >= 0.3 is 0 Å². The number of hydrogen-bond acceptors (Lipinski definition) is 3. The third-order valence-electron chi connectivity index (χ3n) is 2.40. The summed E-state index contributed by atoms with van der Waals surface area (Å²) in [4.78, 5) is 12.8. The molecular weight excluding hydrogens is 234 g/mol. The van der Waals surface area contributed by atoms with Crippen LogP contribution >= 0.6 is 11.8 Å². The molecule has 0 unspecified atom stereocenters. The summed E-state index contributed by atoms with van der Waals surface area (Å²) in [5.74, 6) is 3.00. The van der Waals surface area contributed by atoms with E-state index in [1.54, 1.807) is 18.9 Å². The average molecular weight is 253 g/mol. The maximum atomic E-state index is 11.2. The lowest BCUT2D eigenvalue weighted by molar-refractivity contribution is -0.116. The molecule has 0 aliphatic heterocycles. The minimum Gasteiger partial charge on any atom is -0.493 e. The van der Waals surface area contributed by atoms with E-state index in [4.69, 9.17) is 4.74 Å². The Kier molecular flexibility index (Phi) is 5.91. The van der Waals surface area contributed by atoms with Crippen LogP contribution in [0.25, 0.3) is 0 Å². The van der Waals surface area contributed by atoms with Gasteiger partial charge in [-0.25, -0.2) is 0 Å². The first-order valence-corrected chi connectivity index (χ1v) is 6.85. The number of ether oxygens (including phenoxy) is 1. The standard InChI is InChI=1S/C13H19NO2S/c1-4-17-10-9-16-13-7-5-12(6-8-13)14(3)11(2)15/h5-8H,4,9-10H2,1-3H3. The summed E-state index contributed by atoms with van der Waals surface area (Å²) in [6, 6.07) is 7.57. The van der Waals surface area contributed by atoms with Crippen molar-refractivity contribution in [3.63, 3.8) is 0 Å². The topological polar surface area (TPSA) is 29.5 Å². The molecule has 0 N–H and O–H groups in total. The first-order valence-electron chi connectivity index (χ1n) is 5.70. The molecule has 94 valence electrons. The molecule has 3 nitrogen and oxygen atoms in total. The smallest absolute Gasteiger partial charge is 0.223 e. The summed E-state index contributed by atoms with van der Waals surface area (Å²) in [7, 11) is 1.76. The van der Waals surface area contributed by atoms with Crippen molar-refractivity contribution in [1.82, 2.24) is 0 Å². The lowest BCUT2D eigenvalue weighted by atomic mass is 10.3. The largest absolute Gasteiger partial charge is 0.493 e. The number of nitrogens with zero attached hydrogens (tertiary/aromatic N) is 1. The zero-order valence-corrected chi connectivity index (χ0v) is 11.4. The molecule has 1 rings (SSSR count). The Morgan fingerprint density at radius 2 is 2.00 bits per heavy atom. The van der Waals surface area contributed by atoms with Crippen LogP contribution in [0.15, 0.2) is 24.3 Å². The number of anilines is 1. The Labute approximate surface area is 107 Å². The van der Waals surface area contributed by atoms with Gasteiger partial charge in [0.15, 0.2) is 0 Å². The van der Waals surface area contributed by atoms with E-state index in [-0.39, 0.29) is 5.91 Å². The molecule has 1 aromatic rings. The minimum absolute atomic E-state index is 0.0259. The summed E-state index contributed by atoms with van der Waals surface area (Å²) in [5.41, 5.74) is 0.882. The number of rotatable bonds is 6. The second-order valence-electron chi connectivity index (χ2n) is 3.62. The van der Waals surface area contributed by atoms with E-state index in [0.29, 0.717) is 0 Å². The lowest BCUT2D eigenvalue weighted by Gasteiger charge is -2.15. The normalized spacial score (nSPS) is 10.1. The molecule has 0 radical (unpaired) electrons. The van der Waals surface area contributed by atoms with E-state index in [1.807, 2.05) is 36.0 Å². The van der Waals surface area contributed by atoms with Crippen LogP contribution in [0.3, 0.4) is 0 Å². The van der Waals surface area contributed by atoms with Crippen molar-refractivity contribution in [2.75, 3.05) is 30.1 Å². The Morgan fingerprint density at radius 1 is 1.35 bits per heavy atom. The van der Waals surface area contributed by atoms with Crippen molar-refractivity contribution in [2.24, 2.45) is 0 Å². The van der Waals surface area contributed by atoms with Gasteiger partial charge in [-0.3, -0.25) is 4.79 Å². The van der Waals surface area contributed by atoms with Crippen LogP contribution < -0.4 is 9.64 Å². The van der Waals surface area contributed by atoms with Crippen LogP contribution in [-0.2, 0) is 4.79 Å². The maximum absolute atomic E-state index is 11.2. The summed E-state index contributed by atoms with van der Waals surface area (Å²) >= 11 is 1.86. The third-order valence-corrected chi connectivity index (χ3v) is 3.26. The molecule has 0 aromatic heterocycles. The van der Waals surface area contributed by atoms with E-state index < -0.39 is 0 Å². The number of hydrogen-bond donors (Lipinski definition) is 0. The molecule has 0 aliphatic rings. The van der Waals surface area contributed by atoms with E-state index in [2.05, 4.69) is 6.92 Å². The Bertz CT molecular complexity index is 351. The fourth-order valence-corrected chi connectivity index (χ4v) is 1.80. The highest BCUT2D eigenvalue weighted by Gasteiger charge is 2.04. The van der Waals surface area contributed by atoms with Gasteiger partial charge in [-0.1, -0.05) is 6.92 Å². The number of benzene rings is 1. The Balaban J connectivity index is 2.47. The zero-order valence-electron chi connectivity index (χ0n) is 10.6. The van der Waals surface area contributed by atoms with Gasteiger partial charge in [0.1, 0.15) is 5.75 Å². The molecule has 0 bridgehead atoms. The van der Waals surface area contributed by atoms with Crippen LogP contribution in [0, 0.1) is 0 Å². The molecule has 0 saturated carbocycles. The van der Waals surface area contributed by atoms with E-state index in [9.17, 15) is 4.79 Å². The molecule has 0 aliphatic carbocycles. The van der Waals surface area contributed by atoms with Crippen LogP contribution in [0.4, 0.5) is 5.69 Å². The monoisotopic (exact) mass is 253 g/mol. The van der Waals surface area contributed by atoms with Crippen molar-refractivity contribution < 1.29 is 9.53 Å². The van der Waals surface area contributed by atoms with Gasteiger partial charge in [0.2, 0.25) is 5.91 Å². The van der Waals surface area contributed by atoms with Gasteiger partial charge in [0.05, 0.1) is 6.61 Å². The summed E-state index contributed by atoms with van der Waals surface area (Å²) < 4.78 is 5.58. The molecule has 0 fully saturated rings. The predicted octanol–water partition coefficient (Wildman–Crippen LogP) is 2.80. The van der Waals surface area contributed by atoms with Crippen LogP contribution in [-0.4, -0.2) is 31.1 Å². The second-order valence-corrected chi connectivity index (χ2v) is 5.01. The van der Waals surface area contributed by atoms with Crippen molar-refractivity contribution in [1.29, 1.82) is 0 Å². The van der Waals surface area contributed by atoms with E-state index in [0.717, 1.165) is 29.5 Å². The van der Waals surface area contributed by atoms with Crippen LogP contribution in [0.2, 0.25) is 0 Å². The maximum Gasteiger partial charge on any atom is 0.223 e. The zero-order chi connectivity index (χ0) is 12.7. The lowest BCUT2D eigenvalue weighted by Crippen LogP contribution is -2.22. The molecule has 0 saturated heterocycles. The first kappa shape index (κ1) is 13.9. The number of carbonyl (C=O) groups is 1. The van der Waals surface area contributed by atoms with Gasteiger partial charge < -0.3 is 9.64 Å². The van der Waals surface area contributed by atoms with Crippen molar-refractivity contribution >= 4 is 23.4 Å². The van der Waals surface area contributed by atoms with Gasteiger partial charge in [-0.2, -0.15) is 11.8 Å². The summed E-state index contributed by atoms with van der Waals surface area (Å²) in [5, 5.41) is 0. The number of carbonyl (C=O) groups excluding carboxylic acids is 1. The van der Waals surface area contributed by atoms with Crippen LogP contribution in [0.5, 0.6) is 5.75 Å². The molecule has 0 spiro atoms. The summed E-state index contributed by atoms with van der Waals surface area (Å²) in [6.45, 7) is 4.41. The molecule has 4 heteroatoms. The number of amides is 1. The highest BCUT2D eigenvalue weighted by molar-refractivity contribution is 7.99. The molecule has 17 heavy (non-hydrogen) atoms. The molecule has 0 heterocycles. The average Bonchev–Trinajstić information content (AvgIpc) is 2.34. The SMILES string of the molecule is CCSCCOc1ccc(N(C)C(C)=O)cc1. The Hall–Kier alpha value is -1.16. The molecule has 1 aromatic carbocycles. The highest BCUT2D eigenvalue weighted by Crippen LogP contribution is 2.18. The first-order chi connectivity index (χ1) is 8.15. The molecule has 1 amide bonds. The molecule has 0 atom stereocenters. The quantitative estimate of drug-likeness (QED) is 0.730. The second kappa shape index (κ2) is 7.22. The van der Waals surface area contributed by atoms with E-state index in [1.165, 1.54) is 0 Å². The van der Waals surface area contributed by atoms with Gasteiger partial charge in [-0.05, 0) is 30.0 Å². The minimum atomic E-state index is 0.0259. The van der Waals surface area contributed by atoms with Crippen LogP contribution in [0.1, 0.15) is 13.8 Å². The third kappa shape index (κ3) is 4.69. The van der Waals surface area contributed by atoms with Crippen molar-refractivity contribution in [2.45, 2.75) is 13.8 Å². The predicted molar refractivity (Wildman–Crippen MR) is 74.0 cm³/mol. The van der Waals surface area contributed by atoms with Gasteiger partial charge in [0.25, 0.3) is 0 Å². The fraction of sp³-hybridized carbons (Fsp3) is 0.462.